The topological polar surface area (TPSA) is 85.4 Å². The Morgan fingerprint density at radius 1 is 1.10 bits per heavy atom. The molecule has 0 aliphatic carbocycles. The summed E-state index contributed by atoms with van der Waals surface area (Å²) >= 11 is 12.8. The quantitative estimate of drug-likeness (QED) is 0.245. The number of hydrogen-bond donors (Lipinski definition) is 1. The number of nitrogens with one attached hydrogen (secondary N) is 1. The summed E-state index contributed by atoms with van der Waals surface area (Å²) in [6.07, 6.45) is 0.348. The molecule has 5 aromatic rings. The second-order valence-corrected chi connectivity index (χ2v) is 9.75. The Kier molecular flexibility index (Phi) is 6.24. The van der Waals surface area contributed by atoms with Crippen LogP contribution in [0.15, 0.2) is 43.0 Å². The van der Waals surface area contributed by atoms with Crippen molar-refractivity contribution in [2.45, 2.75) is 18.9 Å². The van der Waals surface area contributed by atoms with Crippen LogP contribution in [0.1, 0.15) is 11.1 Å². The van der Waals surface area contributed by atoms with Gasteiger partial charge in [-0.25, -0.2) is 18.9 Å². The van der Waals surface area contributed by atoms with Gasteiger partial charge in [-0.15, -0.1) is 0 Å². The van der Waals surface area contributed by atoms with Gasteiger partial charge in [0.1, 0.15) is 22.2 Å². The summed E-state index contributed by atoms with van der Waals surface area (Å²) in [6, 6.07) is 3.91. The zero-order valence-electron chi connectivity index (χ0n) is 20.0. The lowest BCUT2D eigenvalue weighted by atomic mass is 10.0. The van der Waals surface area contributed by atoms with Crippen molar-refractivity contribution in [3.63, 3.8) is 0 Å². The summed E-state index contributed by atoms with van der Waals surface area (Å²) in [5.41, 5.74) is 0.510. The van der Waals surface area contributed by atoms with Gasteiger partial charge in [-0.05, 0) is 17.7 Å². The number of anilines is 2. The molecule has 0 radical (unpaired) electrons. The van der Waals surface area contributed by atoms with E-state index in [1.54, 1.807) is 22.7 Å². The van der Waals surface area contributed by atoms with Crippen LogP contribution in [0.2, 0.25) is 10.2 Å². The van der Waals surface area contributed by atoms with E-state index in [4.69, 9.17) is 27.9 Å². The maximum Gasteiger partial charge on any atom is 0.416 e. The zero-order valence-corrected chi connectivity index (χ0v) is 21.6. The van der Waals surface area contributed by atoms with Gasteiger partial charge in [0.15, 0.2) is 22.3 Å². The van der Waals surface area contributed by atoms with Crippen LogP contribution in [-0.2, 0) is 19.8 Å². The van der Waals surface area contributed by atoms with Crippen molar-refractivity contribution in [1.82, 2.24) is 34.0 Å². The molecule has 1 fully saturated rings. The number of halogens is 6. The van der Waals surface area contributed by atoms with Crippen molar-refractivity contribution >= 4 is 51.5 Å². The van der Waals surface area contributed by atoms with Gasteiger partial charge in [0.25, 0.3) is 0 Å². The second-order valence-electron chi connectivity index (χ2n) is 9.01. The van der Waals surface area contributed by atoms with Gasteiger partial charge in [0, 0.05) is 44.8 Å². The van der Waals surface area contributed by atoms with Crippen LogP contribution in [-0.4, -0.2) is 53.3 Å². The van der Waals surface area contributed by atoms with Crippen LogP contribution in [0.4, 0.5) is 29.2 Å². The highest BCUT2D eigenvalue weighted by Gasteiger charge is 2.35. The van der Waals surface area contributed by atoms with E-state index in [-0.39, 0.29) is 58.4 Å². The van der Waals surface area contributed by atoms with Crippen molar-refractivity contribution in [3.8, 4) is 11.5 Å². The predicted molar refractivity (Wildman–Crippen MR) is 136 cm³/mol. The monoisotopic (exact) mass is 580 g/mol. The molecule has 1 aromatic carbocycles. The zero-order chi connectivity index (χ0) is 27.5. The van der Waals surface area contributed by atoms with E-state index >= 15 is 0 Å². The Hall–Kier alpha value is -3.68. The number of alkyl halides is 4. The average Bonchev–Trinajstić information content (AvgIpc) is 3.42. The van der Waals surface area contributed by atoms with E-state index in [9.17, 15) is 17.6 Å². The highest BCUT2D eigenvalue weighted by molar-refractivity contribution is 6.36. The number of aryl methyl sites for hydroxylation is 1. The van der Waals surface area contributed by atoms with Crippen molar-refractivity contribution in [2.24, 2.45) is 7.05 Å². The van der Waals surface area contributed by atoms with E-state index in [0.29, 0.717) is 16.8 Å². The molecule has 1 saturated heterocycles. The molecular weight excluding hydrogens is 563 g/mol. The maximum atomic E-state index is 13.8. The van der Waals surface area contributed by atoms with Crippen molar-refractivity contribution < 1.29 is 22.3 Å². The minimum absolute atomic E-state index is 0.0120. The number of fused-ring (bicyclic) bond motifs is 2. The number of rotatable bonds is 6. The van der Waals surface area contributed by atoms with Gasteiger partial charge in [0.05, 0.1) is 18.0 Å². The van der Waals surface area contributed by atoms with Crippen molar-refractivity contribution in [2.75, 3.05) is 18.4 Å². The highest BCUT2D eigenvalue weighted by Crippen LogP contribution is 2.39. The van der Waals surface area contributed by atoms with Gasteiger partial charge in [-0.2, -0.15) is 23.3 Å². The van der Waals surface area contributed by atoms with Crippen LogP contribution >= 0.6 is 23.2 Å². The highest BCUT2D eigenvalue weighted by atomic mass is 35.5. The predicted octanol–water partition coefficient (Wildman–Crippen LogP) is 6.03. The Labute approximate surface area is 227 Å². The smallest absolute Gasteiger partial charge is 0.416 e. The van der Waals surface area contributed by atoms with Crippen LogP contribution in [0, 0.1) is 0 Å². The van der Waals surface area contributed by atoms with Crippen LogP contribution in [0.25, 0.3) is 16.7 Å². The minimum Gasteiger partial charge on any atom is -0.450 e. The molecule has 1 aliphatic heterocycles. The van der Waals surface area contributed by atoms with Gasteiger partial charge in [-0.3, -0.25) is 4.90 Å². The molecule has 4 aromatic heterocycles. The SMILES string of the molecule is Cn1c(Nc2ccc(CN3CC(F)C3)c(C(F)(F)F)c2)nc2ncc(Oc3cnn4ccnc(Cl)c34)c(Cl)c21. The molecule has 39 heavy (non-hydrogen) atoms. The maximum absolute atomic E-state index is 13.8. The number of nitrogens with zero attached hydrogens (tertiary/aromatic N) is 7. The fourth-order valence-electron chi connectivity index (χ4n) is 4.43. The van der Waals surface area contributed by atoms with E-state index in [2.05, 4.69) is 25.4 Å². The van der Waals surface area contributed by atoms with Gasteiger partial charge in [0.2, 0.25) is 5.95 Å². The molecule has 202 valence electrons. The summed E-state index contributed by atoms with van der Waals surface area (Å²) < 4.78 is 63.7. The largest absolute Gasteiger partial charge is 0.450 e. The summed E-state index contributed by atoms with van der Waals surface area (Å²) in [7, 11) is 1.64. The van der Waals surface area contributed by atoms with Gasteiger partial charge < -0.3 is 14.6 Å². The molecule has 0 saturated carbocycles. The Morgan fingerprint density at radius 2 is 1.90 bits per heavy atom. The number of ether oxygens (including phenoxy) is 1. The molecule has 15 heteroatoms. The van der Waals surface area contributed by atoms with Crippen LogP contribution in [0.5, 0.6) is 11.5 Å². The summed E-state index contributed by atoms with van der Waals surface area (Å²) in [4.78, 5) is 14.3. The third-order valence-corrected chi connectivity index (χ3v) is 7.00. The Bertz CT molecular complexity index is 1710. The van der Waals surface area contributed by atoms with Gasteiger partial charge in [-0.1, -0.05) is 29.3 Å². The Balaban J connectivity index is 1.30. The fourth-order valence-corrected chi connectivity index (χ4v) is 4.96. The molecule has 1 N–H and O–H groups in total. The number of pyridine rings is 1. The number of imidazole rings is 1. The molecule has 0 atom stereocenters. The van der Waals surface area contributed by atoms with Crippen LogP contribution < -0.4 is 10.1 Å². The number of aromatic nitrogens is 6. The standard InChI is InChI=1S/C24H18Cl2F4N8O/c1-36-20-18(25)16(39-17-8-33-38-5-4-31-21(26)19(17)38)7-32-22(20)35-23(36)34-14-3-2-12(9-37-10-13(27)11-37)15(6-14)24(28,29)30/h2-8,13H,9-11H2,1H3,(H,32,34,35). The molecule has 6 rings (SSSR count). The first-order valence-electron chi connectivity index (χ1n) is 11.6. The first-order chi connectivity index (χ1) is 18.6. The average molecular weight is 581 g/mol. The number of likely N-dealkylation sites (tertiary alicyclic amines) is 1. The molecule has 0 unspecified atom stereocenters. The molecule has 0 spiro atoms. The normalized spacial score (nSPS) is 14.7. The molecule has 0 amide bonds. The lowest BCUT2D eigenvalue weighted by Gasteiger charge is -2.34. The molecule has 5 heterocycles. The second kappa shape index (κ2) is 9.50. The third kappa shape index (κ3) is 4.70. The van der Waals surface area contributed by atoms with E-state index in [0.717, 1.165) is 6.07 Å². The first-order valence-corrected chi connectivity index (χ1v) is 12.3. The fraction of sp³-hybridized carbons (Fsp3) is 0.250. The molecular formula is C24H18Cl2F4N8O. The number of hydrogen-bond acceptors (Lipinski definition) is 7. The molecule has 9 nitrogen and oxygen atoms in total. The van der Waals surface area contributed by atoms with Gasteiger partial charge >= 0.3 is 6.18 Å². The van der Waals surface area contributed by atoms with E-state index in [1.165, 1.54) is 35.2 Å². The third-order valence-electron chi connectivity index (χ3n) is 6.36. The summed E-state index contributed by atoms with van der Waals surface area (Å²) in [5, 5.41) is 7.44. The lowest BCUT2D eigenvalue weighted by molar-refractivity contribution is -0.138. The van der Waals surface area contributed by atoms with E-state index < -0.39 is 17.9 Å². The van der Waals surface area contributed by atoms with Crippen molar-refractivity contribution in [3.05, 3.63) is 64.3 Å². The Morgan fingerprint density at radius 3 is 2.64 bits per heavy atom. The van der Waals surface area contributed by atoms with Crippen molar-refractivity contribution in [1.29, 1.82) is 0 Å². The molecule has 1 aliphatic rings. The summed E-state index contributed by atoms with van der Waals surface area (Å²) in [5.74, 6) is 0.708. The van der Waals surface area contributed by atoms with Crippen LogP contribution in [0.3, 0.4) is 0 Å². The minimum atomic E-state index is -4.59. The summed E-state index contributed by atoms with van der Waals surface area (Å²) in [6.45, 7) is 0.258. The first kappa shape index (κ1) is 25.6. The van der Waals surface area contributed by atoms with E-state index in [1.807, 2.05) is 0 Å². The number of benzene rings is 1. The lowest BCUT2D eigenvalue weighted by Crippen LogP contribution is -2.47. The molecule has 0 bridgehead atoms.